The maximum atomic E-state index is 13.2. The third-order valence-corrected chi connectivity index (χ3v) is 6.22. The van der Waals surface area contributed by atoms with Crippen molar-refractivity contribution in [2.45, 2.75) is 33.2 Å². The summed E-state index contributed by atoms with van der Waals surface area (Å²) in [6.45, 7) is 6.39. The number of nitrogens with one attached hydrogen (secondary N) is 1. The van der Waals surface area contributed by atoms with Gasteiger partial charge in [-0.2, -0.15) is 5.10 Å². The van der Waals surface area contributed by atoms with Gasteiger partial charge in [0.05, 0.1) is 17.6 Å². The summed E-state index contributed by atoms with van der Waals surface area (Å²) in [6.07, 6.45) is 0.778. The van der Waals surface area contributed by atoms with Crippen LogP contribution < -0.4 is 4.74 Å². The van der Waals surface area contributed by atoms with Gasteiger partial charge >= 0.3 is 0 Å². The lowest BCUT2D eigenvalue weighted by Crippen LogP contribution is -2.30. The number of aromatic nitrogens is 2. The third kappa shape index (κ3) is 3.35. The molecule has 0 saturated carbocycles. The molecular formula is C23H24BrN3O4. The lowest BCUT2D eigenvalue weighted by atomic mass is 9.93. The number of hydrogen-bond acceptors (Lipinski definition) is 5. The van der Waals surface area contributed by atoms with E-state index in [0.717, 1.165) is 23.1 Å². The number of nitrogens with zero attached hydrogens (tertiary/aromatic N) is 2. The highest BCUT2D eigenvalue weighted by atomic mass is 79.9. The second-order valence-corrected chi connectivity index (χ2v) is 8.65. The monoisotopic (exact) mass is 485 g/mol. The fraction of sp³-hybridized carbons (Fsp3) is 0.304. The van der Waals surface area contributed by atoms with Crippen molar-refractivity contribution < 1.29 is 19.7 Å². The first-order valence-electron chi connectivity index (χ1n) is 10.0. The van der Waals surface area contributed by atoms with Gasteiger partial charge in [-0.05, 0) is 71.1 Å². The van der Waals surface area contributed by atoms with Gasteiger partial charge in [0.15, 0.2) is 11.5 Å². The number of rotatable bonds is 5. The van der Waals surface area contributed by atoms with E-state index < -0.39 is 6.04 Å². The largest absolute Gasteiger partial charge is 0.507 e. The van der Waals surface area contributed by atoms with Crippen LogP contribution in [0.5, 0.6) is 17.2 Å². The third-order valence-electron chi connectivity index (χ3n) is 5.61. The predicted octanol–water partition coefficient (Wildman–Crippen LogP) is 4.83. The molecule has 7 nitrogen and oxygen atoms in total. The molecule has 1 unspecified atom stereocenters. The average Bonchev–Trinajstić information content (AvgIpc) is 3.23. The van der Waals surface area contributed by atoms with E-state index in [-0.39, 0.29) is 17.4 Å². The number of phenolic OH excluding ortho intramolecular Hbond substituents is 2. The van der Waals surface area contributed by atoms with Crippen molar-refractivity contribution in [3.8, 4) is 28.5 Å². The van der Waals surface area contributed by atoms with Gasteiger partial charge in [-0.25, -0.2) is 0 Å². The van der Waals surface area contributed by atoms with Gasteiger partial charge in [0, 0.05) is 17.7 Å². The number of halogens is 1. The zero-order chi connectivity index (χ0) is 22.4. The Balaban J connectivity index is 1.98. The molecule has 162 valence electrons. The smallest absolute Gasteiger partial charge is 0.273 e. The molecule has 1 aliphatic heterocycles. The van der Waals surface area contributed by atoms with Gasteiger partial charge in [0.2, 0.25) is 0 Å². The Kier molecular flexibility index (Phi) is 5.43. The van der Waals surface area contributed by atoms with Gasteiger partial charge in [-0.15, -0.1) is 0 Å². The zero-order valence-corrected chi connectivity index (χ0v) is 19.4. The topological polar surface area (TPSA) is 98.7 Å². The van der Waals surface area contributed by atoms with Crippen molar-refractivity contribution in [1.29, 1.82) is 0 Å². The number of carbonyl (C=O) groups excluding carboxylic acids is 1. The number of methoxy groups -OCH3 is 1. The van der Waals surface area contributed by atoms with Crippen LogP contribution in [0.25, 0.3) is 11.3 Å². The van der Waals surface area contributed by atoms with Crippen LogP contribution in [0.4, 0.5) is 0 Å². The molecule has 2 aromatic carbocycles. The summed E-state index contributed by atoms with van der Waals surface area (Å²) in [4.78, 5) is 15.0. The van der Waals surface area contributed by atoms with Crippen LogP contribution >= 0.6 is 15.9 Å². The van der Waals surface area contributed by atoms with Crippen molar-refractivity contribution in [1.82, 2.24) is 15.1 Å². The van der Waals surface area contributed by atoms with Crippen molar-refractivity contribution in [3.05, 3.63) is 56.7 Å². The molecule has 0 saturated heterocycles. The van der Waals surface area contributed by atoms with Crippen molar-refractivity contribution in [2.75, 3.05) is 13.7 Å². The van der Waals surface area contributed by atoms with E-state index in [1.54, 1.807) is 23.1 Å². The number of phenols is 2. The van der Waals surface area contributed by atoms with Crippen LogP contribution in [0, 0.1) is 13.8 Å². The Morgan fingerprint density at radius 3 is 2.61 bits per heavy atom. The van der Waals surface area contributed by atoms with Crippen LogP contribution in [0.3, 0.4) is 0 Å². The molecule has 1 amide bonds. The minimum absolute atomic E-state index is 0.00252. The molecule has 1 aromatic heterocycles. The summed E-state index contributed by atoms with van der Waals surface area (Å²) >= 11 is 3.39. The van der Waals surface area contributed by atoms with E-state index in [1.165, 1.54) is 7.11 Å². The lowest BCUT2D eigenvalue weighted by Gasteiger charge is -2.27. The molecule has 4 rings (SSSR count). The number of fused-ring (bicyclic) bond motifs is 1. The van der Waals surface area contributed by atoms with Gasteiger partial charge in [0.25, 0.3) is 5.91 Å². The lowest BCUT2D eigenvalue weighted by molar-refractivity contribution is 0.0743. The molecule has 0 fully saturated rings. The number of amides is 1. The maximum absolute atomic E-state index is 13.2. The summed E-state index contributed by atoms with van der Waals surface area (Å²) < 4.78 is 5.81. The molecule has 0 aliphatic carbocycles. The van der Waals surface area contributed by atoms with Gasteiger partial charge in [-0.1, -0.05) is 13.0 Å². The Labute approximate surface area is 188 Å². The Morgan fingerprint density at radius 2 is 1.97 bits per heavy atom. The van der Waals surface area contributed by atoms with Gasteiger partial charge < -0.3 is 19.8 Å². The van der Waals surface area contributed by atoms with E-state index in [0.29, 0.717) is 39.3 Å². The fourth-order valence-corrected chi connectivity index (χ4v) is 4.83. The van der Waals surface area contributed by atoms with E-state index in [1.807, 2.05) is 26.8 Å². The van der Waals surface area contributed by atoms with Gasteiger partial charge in [0.1, 0.15) is 17.1 Å². The highest BCUT2D eigenvalue weighted by molar-refractivity contribution is 9.10. The number of benzene rings is 2. The molecule has 0 spiro atoms. The SMILES string of the molecule is CCCN1C(=O)c2[nH]nc(-c3c(C)cc(C)cc3O)c2C1c1cc(Br)c(O)c(OC)c1. The molecule has 2 heterocycles. The predicted molar refractivity (Wildman–Crippen MR) is 121 cm³/mol. The summed E-state index contributed by atoms with van der Waals surface area (Å²) in [5.41, 5.74) is 4.86. The van der Waals surface area contributed by atoms with Crippen molar-refractivity contribution in [2.24, 2.45) is 0 Å². The average molecular weight is 486 g/mol. The van der Waals surface area contributed by atoms with Crippen LogP contribution in [-0.4, -0.2) is 44.9 Å². The number of ether oxygens (including phenoxy) is 1. The quantitative estimate of drug-likeness (QED) is 0.480. The molecule has 3 N–H and O–H groups in total. The molecule has 8 heteroatoms. The molecule has 0 bridgehead atoms. The highest BCUT2D eigenvalue weighted by Crippen LogP contribution is 2.48. The molecule has 1 atom stereocenters. The minimum Gasteiger partial charge on any atom is -0.507 e. The van der Waals surface area contributed by atoms with Gasteiger partial charge in [-0.3, -0.25) is 9.89 Å². The van der Waals surface area contributed by atoms with Crippen LogP contribution in [-0.2, 0) is 0 Å². The zero-order valence-electron chi connectivity index (χ0n) is 17.8. The Morgan fingerprint density at radius 1 is 1.23 bits per heavy atom. The molecular weight excluding hydrogens is 462 g/mol. The fourth-order valence-electron chi connectivity index (χ4n) is 4.37. The summed E-state index contributed by atoms with van der Waals surface area (Å²) in [5.74, 6) is 0.280. The number of carbonyl (C=O) groups is 1. The number of aryl methyl sites for hydroxylation is 2. The van der Waals surface area contributed by atoms with Crippen LogP contribution in [0.2, 0.25) is 0 Å². The van der Waals surface area contributed by atoms with E-state index in [4.69, 9.17) is 4.74 Å². The molecule has 1 aliphatic rings. The minimum atomic E-state index is -0.442. The Hall–Kier alpha value is -3.00. The summed E-state index contributed by atoms with van der Waals surface area (Å²) in [6, 6.07) is 6.74. The first-order valence-corrected chi connectivity index (χ1v) is 10.8. The first kappa shape index (κ1) is 21.2. The second kappa shape index (κ2) is 7.92. The highest BCUT2D eigenvalue weighted by Gasteiger charge is 2.42. The Bertz CT molecular complexity index is 1160. The van der Waals surface area contributed by atoms with Crippen LogP contribution in [0.1, 0.15) is 52.1 Å². The summed E-state index contributed by atoms with van der Waals surface area (Å²) in [5, 5.41) is 28.3. The van der Waals surface area contributed by atoms with E-state index in [9.17, 15) is 15.0 Å². The first-order chi connectivity index (χ1) is 14.8. The molecule has 0 radical (unpaired) electrons. The standard InChI is InChI=1S/C23H24BrN3O4/c1-5-6-27-21(13-9-14(24)22(29)16(10-13)31-4)18-19(25-26-20(18)23(27)30)17-12(3)7-11(2)8-15(17)28/h7-10,21,28-29H,5-6H2,1-4H3,(H,25,26). The summed E-state index contributed by atoms with van der Waals surface area (Å²) in [7, 11) is 1.48. The molecule has 31 heavy (non-hydrogen) atoms. The number of hydrogen-bond donors (Lipinski definition) is 3. The van der Waals surface area contributed by atoms with E-state index >= 15 is 0 Å². The number of aromatic hydroxyl groups is 2. The van der Waals surface area contributed by atoms with Crippen LogP contribution in [0.15, 0.2) is 28.7 Å². The second-order valence-electron chi connectivity index (χ2n) is 7.79. The molecule has 3 aromatic rings. The number of aromatic amines is 1. The van der Waals surface area contributed by atoms with Crippen molar-refractivity contribution >= 4 is 21.8 Å². The number of H-pyrrole nitrogens is 1. The van der Waals surface area contributed by atoms with E-state index in [2.05, 4.69) is 26.1 Å². The maximum Gasteiger partial charge on any atom is 0.273 e. The van der Waals surface area contributed by atoms with Crippen molar-refractivity contribution in [3.63, 3.8) is 0 Å². The normalized spacial score (nSPS) is 15.5.